The molecule has 0 radical (unpaired) electrons. The van der Waals surface area contributed by atoms with E-state index in [0.29, 0.717) is 35.1 Å². The number of fused-ring (bicyclic) bond motifs is 4. The van der Waals surface area contributed by atoms with Crippen LogP contribution < -0.4 is 5.32 Å². The molecule has 5 fully saturated rings. The monoisotopic (exact) mass is 791 g/mol. The molecule has 4 saturated heterocycles. The number of likely N-dealkylation sites (tertiary alicyclic amines) is 1. The predicted octanol–water partition coefficient (Wildman–Crippen LogP) is 3.39. The van der Waals surface area contributed by atoms with Gasteiger partial charge in [0.05, 0.1) is 13.2 Å². The van der Waals surface area contributed by atoms with Gasteiger partial charge in [-0.2, -0.15) is 18.2 Å². The zero-order valence-corrected chi connectivity index (χ0v) is 30.5. The second-order valence-electron chi connectivity index (χ2n) is 14.7. The van der Waals surface area contributed by atoms with Gasteiger partial charge in [-0.05, 0) is 30.0 Å². The number of carbonyl (C=O) groups excluding carboxylic acids is 4. The maximum Gasteiger partial charge on any atom is 0.422 e. The number of alkyl halides is 3. The van der Waals surface area contributed by atoms with Crippen LogP contribution in [0.5, 0.6) is 0 Å². The highest BCUT2D eigenvalue weighted by atomic mass is 19.4. The van der Waals surface area contributed by atoms with Crippen molar-refractivity contribution in [2.45, 2.75) is 74.3 Å². The summed E-state index contributed by atoms with van der Waals surface area (Å²) in [5.41, 5.74) is 0.922. The number of halogens is 3. The number of benzene rings is 3. The largest absolute Gasteiger partial charge is 0.458 e. The molecule has 300 valence electrons. The van der Waals surface area contributed by atoms with E-state index in [9.17, 15) is 32.7 Å². The van der Waals surface area contributed by atoms with Gasteiger partial charge in [0.2, 0.25) is 17.6 Å². The summed E-state index contributed by atoms with van der Waals surface area (Å²) < 4.78 is 61.6. The highest BCUT2D eigenvalue weighted by molar-refractivity contribution is 5.96. The summed E-state index contributed by atoms with van der Waals surface area (Å²) in [6.45, 7) is -1.69. The maximum atomic E-state index is 15.3. The van der Waals surface area contributed by atoms with Gasteiger partial charge in [0.1, 0.15) is 35.9 Å². The summed E-state index contributed by atoms with van der Waals surface area (Å²) in [6.07, 6.45) is -5.23. The van der Waals surface area contributed by atoms with E-state index in [1.165, 1.54) is 16.0 Å². The summed E-state index contributed by atoms with van der Waals surface area (Å²) in [7, 11) is 0. The van der Waals surface area contributed by atoms with Crippen molar-refractivity contribution < 1.29 is 61.2 Å². The normalized spacial score (nSPS) is 28.9. The average Bonchev–Trinajstić information content (AvgIpc) is 3.96. The predicted molar refractivity (Wildman–Crippen MR) is 192 cm³/mol. The lowest BCUT2D eigenvalue weighted by atomic mass is 9.62. The molecule has 0 unspecified atom stereocenters. The first kappa shape index (κ1) is 38.7. The van der Waals surface area contributed by atoms with E-state index in [0.717, 1.165) is 6.08 Å². The van der Waals surface area contributed by atoms with Crippen molar-refractivity contribution in [1.82, 2.24) is 15.3 Å². The van der Waals surface area contributed by atoms with Crippen LogP contribution in [0.2, 0.25) is 0 Å². The van der Waals surface area contributed by atoms with Gasteiger partial charge in [-0.15, -0.1) is 0 Å². The minimum Gasteiger partial charge on any atom is -0.458 e. The van der Waals surface area contributed by atoms with Crippen molar-refractivity contribution >= 4 is 29.8 Å². The molecule has 0 aromatic heterocycles. The molecule has 3 aromatic carbocycles. The van der Waals surface area contributed by atoms with Gasteiger partial charge in [-0.25, -0.2) is 4.79 Å². The maximum absolute atomic E-state index is 15.3. The molecule has 8 rings (SSSR count). The molecular formula is C41H40F3N3O10. The van der Waals surface area contributed by atoms with E-state index in [4.69, 9.17) is 19.0 Å². The Hall–Kier alpha value is -5.13. The van der Waals surface area contributed by atoms with Crippen LogP contribution >= 0.6 is 0 Å². The minimum atomic E-state index is -4.65. The van der Waals surface area contributed by atoms with Gasteiger partial charge in [0.15, 0.2) is 12.6 Å². The van der Waals surface area contributed by atoms with Crippen LogP contribution in [0.25, 0.3) is 6.08 Å². The SMILES string of the molecule is O=C(C=Cc1ccc(CN2O[C@@H]3[C@H]4OC(c5ccccc5)(c5ccccc5)O[C@H]4[C@H]4C[C@]3(C(=O)N3CCC[C@@H]3C(=O)NCCO)[C@@H]2C(=O)O4)cc1)OCC(F)(F)F. The standard InChI is InChI=1S/C41H40F3N3O10/c42-40(43,44)24-53-31(49)18-17-25-13-15-26(16-14-25)23-47-34-37(51)54-30-22-39(34,38(52)46-20-7-12-29(46)36(50)45-19-21-48)35(57-47)33-32(30)55-41(56-33,27-8-3-1-4-9-27)28-10-5-2-6-11-28/h1-6,8-11,13-18,29-30,32-35,48H,7,12,19-24H2,(H,45,50)/t29-,30-,32+,33+,34+,35-,39+/m1/s1. The first-order valence-electron chi connectivity index (χ1n) is 18.7. The number of ether oxygens (including phenoxy) is 4. The summed E-state index contributed by atoms with van der Waals surface area (Å²) in [4.78, 5) is 62.9. The van der Waals surface area contributed by atoms with Gasteiger partial charge in [0, 0.05) is 36.7 Å². The molecule has 5 aliphatic rings. The molecule has 2 bridgehead atoms. The zero-order valence-electron chi connectivity index (χ0n) is 30.5. The van der Waals surface area contributed by atoms with Crippen molar-refractivity contribution in [3.8, 4) is 0 Å². The number of amides is 2. The van der Waals surface area contributed by atoms with E-state index in [1.54, 1.807) is 24.3 Å². The van der Waals surface area contributed by atoms with Crippen LogP contribution in [0.1, 0.15) is 41.5 Å². The molecule has 7 atom stereocenters. The quantitative estimate of drug-likeness (QED) is 0.217. The molecular weight excluding hydrogens is 751 g/mol. The third-order valence-electron chi connectivity index (χ3n) is 11.2. The molecule has 1 aliphatic carbocycles. The Morgan fingerprint density at radius 3 is 2.26 bits per heavy atom. The van der Waals surface area contributed by atoms with Crippen LogP contribution in [0.15, 0.2) is 91.0 Å². The Bertz CT molecular complexity index is 1980. The number of hydrogen-bond donors (Lipinski definition) is 2. The van der Waals surface area contributed by atoms with E-state index in [-0.39, 0.29) is 32.7 Å². The summed E-state index contributed by atoms with van der Waals surface area (Å²) >= 11 is 0. The Kier molecular flexibility index (Phi) is 10.4. The summed E-state index contributed by atoms with van der Waals surface area (Å²) in [6, 6.07) is 23.2. The Balaban J connectivity index is 1.14. The minimum absolute atomic E-state index is 0.00520. The highest BCUT2D eigenvalue weighted by Gasteiger charge is 2.77. The van der Waals surface area contributed by atoms with Gasteiger partial charge in [-0.1, -0.05) is 84.9 Å². The van der Waals surface area contributed by atoms with Crippen LogP contribution in [-0.2, 0) is 55.3 Å². The molecule has 3 aromatic rings. The van der Waals surface area contributed by atoms with Crippen molar-refractivity contribution in [1.29, 1.82) is 0 Å². The van der Waals surface area contributed by atoms with Crippen molar-refractivity contribution in [3.05, 3.63) is 113 Å². The van der Waals surface area contributed by atoms with Gasteiger partial charge in [-0.3, -0.25) is 19.2 Å². The molecule has 4 aliphatic heterocycles. The zero-order chi connectivity index (χ0) is 40.0. The average molecular weight is 792 g/mol. The fraction of sp³-hybridized carbons (Fsp3) is 0.415. The molecule has 1 saturated carbocycles. The number of hydrogen-bond acceptors (Lipinski definition) is 11. The van der Waals surface area contributed by atoms with Crippen LogP contribution in [0.3, 0.4) is 0 Å². The molecule has 2 amide bonds. The molecule has 16 heteroatoms. The molecule has 0 spiro atoms. The van der Waals surface area contributed by atoms with Crippen molar-refractivity contribution in [2.24, 2.45) is 5.41 Å². The van der Waals surface area contributed by atoms with E-state index >= 15 is 4.79 Å². The number of carbonyl (C=O) groups is 4. The molecule has 2 N–H and O–H groups in total. The third kappa shape index (κ3) is 7.09. The molecule has 13 nitrogen and oxygen atoms in total. The Morgan fingerprint density at radius 2 is 1.61 bits per heavy atom. The molecule has 4 heterocycles. The number of esters is 2. The number of nitrogens with zero attached hydrogens (tertiary/aromatic N) is 2. The number of aliphatic hydroxyl groups is 1. The van der Waals surface area contributed by atoms with Crippen molar-refractivity contribution in [3.63, 3.8) is 0 Å². The second kappa shape index (κ2) is 15.3. The van der Waals surface area contributed by atoms with Gasteiger partial charge in [0.25, 0.3) is 0 Å². The van der Waals surface area contributed by atoms with Crippen LogP contribution in [-0.4, -0.2) is 108 Å². The smallest absolute Gasteiger partial charge is 0.422 e. The van der Waals surface area contributed by atoms with Crippen molar-refractivity contribution in [2.75, 3.05) is 26.3 Å². The summed E-state index contributed by atoms with van der Waals surface area (Å²) in [5.74, 6) is -4.16. The van der Waals surface area contributed by atoms with Gasteiger partial charge >= 0.3 is 18.1 Å². The van der Waals surface area contributed by atoms with E-state index in [1.807, 2.05) is 60.7 Å². The lowest BCUT2D eigenvalue weighted by molar-refractivity contribution is -0.214. The fourth-order valence-electron chi connectivity index (χ4n) is 8.79. The number of hydroxylamine groups is 2. The Labute approximate surface area is 325 Å². The Morgan fingerprint density at radius 1 is 0.947 bits per heavy atom. The second-order valence-corrected chi connectivity index (χ2v) is 14.7. The lowest BCUT2D eigenvalue weighted by Crippen LogP contribution is -2.70. The van der Waals surface area contributed by atoms with Crippen LogP contribution in [0.4, 0.5) is 13.2 Å². The fourth-order valence-corrected chi connectivity index (χ4v) is 8.79. The third-order valence-corrected chi connectivity index (χ3v) is 11.2. The first-order valence-corrected chi connectivity index (χ1v) is 18.7. The molecule has 57 heavy (non-hydrogen) atoms. The summed E-state index contributed by atoms with van der Waals surface area (Å²) in [5, 5.41) is 13.5. The van der Waals surface area contributed by atoms with E-state index in [2.05, 4.69) is 10.1 Å². The highest BCUT2D eigenvalue weighted by Crippen LogP contribution is 2.60. The number of aliphatic hydroxyl groups excluding tert-OH is 1. The lowest BCUT2D eigenvalue weighted by Gasteiger charge is -2.50. The van der Waals surface area contributed by atoms with Crippen LogP contribution in [0, 0.1) is 5.41 Å². The van der Waals surface area contributed by atoms with E-state index < -0.39 is 84.2 Å². The first-order chi connectivity index (χ1) is 27.4. The van der Waals surface area contributed by atoms with Gasteiger partial charge < -0.3 is 34.3 Å². The topological polar surface area (TPSA) is 153 Å². The number of nitrogens with one attached hydrogen (secondary N) is 1. The number of rotatable bonds is 11.